The van der Waals surface area contributed by atoms with Crippen molar-refractivity contribution in [2.75, 3.05) is 19.8 Å². The van der Waals surface area contributed by atoms with Crippen LogP contribution in [0.2, 0.25) is 0 Å². The Labute approximate surface area is 332 Å². The zero-order chi connectivity index (χ0) is 36.8. The van der Waals surface area contributed by atoms with Crippen LogP contribution in [0.5, 0.6) is 0 Å². The van der Waals surface area contributed by atoms with Crippen LogP contribution in [0.1, 0.15) is 224 Å². The minimum absolute atomic E-state index is 0.148. The number of hydrogen-bond donors (Lipinski definition) is 0. The topological polar surface area (TPSA) is 18.5 Å². The van der Waals surface area contributed by atoms with Gasteiger partial charge in [-0.1, -0.05) is 224 Å². The fraction of sp³-hybridized carbons (Fsp3) is 0.792. The highest BCUT2D eigenvalue weighted by Gasteiger charge is 2.08. The average Bonchev–Trinajstić information content (AvgIpc) is 3.87. The molecule has 0 bridgehead atoms. The Morgan fingerprint density at radius 1 is 0.481 bits per heavy atom. The fourth-order valence-corrected chi connectivity index (χ4v) is 8.76. The molecule has 0 fully saturated rings. The minimum atomic E-state index is -0.148. The van der Waals surface area contributed by atoms with Gasteiger partial charge in [0.25, 0.3) is 0 Å². The first-order valence-corrected chi connectivity index (χ1v) is 24.4. The van der Waals surface area contributed by atoms with Gasteiger partial charge in [-0.2, -0.15) is 0 Å². The van der Waals surface area contributed by atoms with Crippen molar-refractivity contribution in [3.8, 4) is 21.6 Å². The average molecular weight is 755 g/mol. The molecule has 0 saturated carbocycles. The summed E-state index contributed by atoms with van der Waals surface area (Å²) in [5, 5.41) is 2.14. The highest BCUT2D eigenvalue weighted by Crippen LogP contribution is 2.31. The summed E-state index contributed by atoms with van der Waals surface area (Å²) < 4.78 is 12.4. The van der Waals surface area contributed by atoms with Gasteiger partial charge in [0.05, 0.1) is 11.5 Å². The van der Waals surface area contributed by atoms with Gasteiger partial charge >= 0.3 is 0 Å². The van der Waals surface area contributed by atoms with Crippen molar-refractivity contribution in [3.63, 3.8) is 0 Å². The Hall–Kier alpha value is -1.12. The lowest BCUT2D eigenvalue weighted by Gasteiger charge is -2.13. The number of thiophene rings is 2. The van der Waals surface area contributed by atoms with E-state index in [0.29, 0.717) is 6.61 Å². The van der Waals surface area contributed by atoms with E-state index in [-0.39, 0.29) is 6.10 Å². The van der Waals surface area contributed by atoms with Gasteiger partial charge in [0.15, 0.2) is 0 Å². The standard InChI is InChI=1S/C48H82O2S2/c1-3-5-7-9-11-13-15-17-19-21-23-25-27-29-31-33-41-49-44-45(37-38-46-39-40-48(52-46)47-36-35-43-51-47)50-42-34-32-30-28-26-24-22-20-18-16-14-12-10-8-6-4-2/h35-36,39-40,43,45H,3-34,41-42,44H2,1-2H3. The Bertz CT molecular complexity index is 1050. The van der Waals surface area contributed by atoms with E-state index in [0.717, 1.165) is 30.9 Å². The van der Waals surface area contributed by atoms with Crippen molar-refractivity contribution < 1.29 is 9.47 Å². The first-order chi connectivity index (χ1) is 25.8. The van der Waals surface area contributed by atoms with Crippen molar-refractivity contribution in [2.45, 2.75) is 225 Å². The Morgan fingerprint density at radius 2 is 0.904 bits per heavy atom. The third-order valence-corrected chi connectivity index (χ3v) is 12.5. The normalized spacial score (nSPS) is 12.0. The van der Waals surface area contributed by atoms with Gasteiger partial charge in [-0.25, -0.2) is 0 Å². The second-order valence-electron chi connectivity index (χ2n) is 15.5. The van der Waals surface area contributed by atoms with E-state index in [2.05, 4.69) is 55.3 Å². The van der Waals surface area contributed by atoms with Crippen LogP contribution in [-0.2, 0) is 9.47 Å². The molecule has 0 aliphatic rings. The maximum absolute atomic E-state index is 6.30. The van der Waals surface area contributed by atoms with Crippen LogP contribution in [-0.4, -0.2) is 25.9 Å². The summed E-state index contributed by atoms with van der Waals surface area (Å²) in [5.74, 6) is 6.83. The van der Waals surface area contributed by atoms with Crippen molar-refractivity contribution >= 4 is 22.7 Å². The molecule has 2 aromatic rings. The van der Waals surface area contributed by atoms with Gasteiger partial charge < -0.3 is 9.47 Å². The Kier molecular flexibility index (Phi) is 33.3. The summed E-state index contributed by atoms with van der Waals surface area (Å²) in [6.07, 6.45) is 44.4. The van der Waals surface area contributed by atoms with Crippen LogP contribution in [0, 0.1) is 11.8 Å². The van der Waals surface area contributed by atoms with Crippen LogP contribution >= 0.6 is 22.7 Å². The molecule has 52 heavy (non-hydrogen) atoms. The molecule has 2 aromatic heterocycles. The SMILES string of the molecule is CCCCCCCCCCCCCCCCCCOCC(C#Cc1ccc(-c2cccs2)s1)OCCCCCCCCCCCCCCCCCC. The smallest absolute Gasteiger partial charge is 0.141 e. The molecule has 0 saturated heterocycles. The van der Waals surface area contributed by atoms with E-state index in [1.54, 1.807) is 22.7 Å². The lowest BCUT2D eigenvalue weighted by Crippen LogP contribution is -2.19. The molecular formula is C48H82O2S2. The van der Waals surface area contributed by atoms with Gasteiger partial charge in [0.1, 0.15) is 6.10 Å². The minimum Gasteiger partial charge on any atom is -0.378 e. The maximum Gasteiger partial charge on any atom is 0.141 e. The van der Waals surface area contributed by atoms with E-state index in [9.17, 15) is 0 Å². The summed E-state index contributed by atoms with van der Waals surface area (Å²) in [4.78, 5) is 3.72. The molecule has 0 aliphatic heterocycles. The van der Waals surface area contributed by atoms with Gasteiger partial charge in [0.2, 0.25) is 0 Å². The molecule has 1 atom stereocenters. The van der Waals surface area contributed by atoms with Crippen LogP contribution in [0.3, 0.4) is 0 Å². The quantitative estimate of drug-likeness (QED) is 0.0502. The maximum atomic E-state index is 6.30. The molecule has 1 unspecified atom stereocenters. The number of rotatable bonds is 38. The zero-order valence-corrected chi connectivity index (χ0v) is 36.0. The molecular weight excluding hydrogens is 673 g/mol. The van der Waals surface area contributed by atoms with Gasteiger partial charge in [-0.3, -0.25) is 0 Å². The lowest BCUT2D eigenvalue weighted by atomic mass is 10.0. The van der Waals surface area contributed by atoms with Crippen LogP contribution < -0.4 is 0 Å². The van der Waals surface area contributed by atoms with Gasteiger partial charge in [-0.05, 0) is 36.4 Å². The molecule has 2 rings (SSSR count). The van der Waals surface area contributed by atoms with E-state index in [1.165, 1.54) is 202 Å². The van der Waals surface area contributed by atoms with E-state index in [1.807, 2.05) is 0 Å². The molecule has 2 nitrogen and oxygen atoms in total. The first kappa shape index (κ1) is 47.0. The number of ether oxygens (including phenoxy) is 2. The molecule has 298 valence electrons. The zero-order valence-electron chi connectivity index (χ0n) is 34.3. The summed E-state index contributed by atoms with van der Waals surface area (Å²) >= 11 is 3.56. The summed E-state index contributed by atoms with van der Waals surface area (Å²) in [6, 6.07) is 8.64. The largest absolute Gasteiger partial charge is 0.378 e. The summed E-state index contributed by atoms with van der Waals surface area (Å²) in [5.41, 5.74) is 0. The van der Waals surface area contributed by atoms with Crippen molar-refractivity contribution in [1.82, 2.24) is 0 Å². The Morgan fingerprint density at radius 3 is 1.33 bits per heavy atom. The monoisotopic (exact) mass is 755 g/mol. The molecule has 0 radical (unpaired) electrons. The number of hydrogen-bond acceptors (Lipinski definition) is 4. The second kappa shape index (κ2) is 36.8. The summed E-state index contributed by atoms with van der Waals surface area (Å²) in [6.45, 7) is 6.78. The molecule has 0 amide bonds. The highest BCUT2D eigenvalue weighted by atomic mass is 32.1. The molecule has 0 spiro atoms. The first-order valence-electron chi connectivity index (χ1n) is 22.7. The van der Waals surface area contributed by atoms with E-state index < -0.39 is 0 Å². The van der Waals surface area contributed by atoms with Gasteiger partial charge in [-0.15, -0.1) is 22.7 Å². The van der Waals surface area contributed by atoms with E-state index in [4.69, 9.17) is 9.47 Å². The predicted molar refractivity (Wildman–Crippen MR) is 234 cm³/mol. The second-order valence-corrected chi connectivity index (χ2v) is 17.5. The van der Waals surface area contributed by atoms with Crippen molar-refractivity contribution in [3.05, 3.63) is 34.5 Å². The predicted octanol–water partition coefficient (Wildman–Crippen LogP) is 16.8. The highest BCUT2D eigenvalue weighted by molar-refractivity contribution is 7.21. The molecule has 2 heterocycles. The van der Waals surface area contributed by atoms with Crippen LogP contribution in [0.15, 0.2) is 29.6 Å². The van der Waals surface area contributed by atoms with E-state index >= 15 is 0 Å². The molecule has 0 N–H and O–H groups in total. The molecule has 0 aliphatic carbocycles. The third kappa shape index (κ3) is 28.3. The Balaban J connectivity index is 1.51. The van der Waals surface area contributed by atoms with Gasteiger partial charge in [0, 0.05) is 23.0 Å². The number of unbranched alkanes of at least 4 members (excludes halogenated alkanes) is 30. The third-order valence-electron chi connectivity index (χ3n) is 10.5. The van der Waals surface area contributed by atoms with Crippen molar-refractivity contribution in [1.29, 1.82) is 0 Å². The van der Waals surface area contributed by atoms with Crippen molar-refractivity contribution in [2.24, 2.45) is 0 Å². The molecule has 4 heteroatoms. The lowest BCUT2D eigenvalue weighted by molar-refractivity contribution is 0.0105. The van der Waals surface area contributed by atoms with Crippen LogP contribution in [0.25, 0.3) is 9.75 Å². The summed E-state index contributed by atoms with van der Waals surface area (Å²) in [7, 11) is 0. The molecule has 0 aromatic carbocycles. The fourth-order valence-electron chi connectivity index (χ4n) is 7.06. The van der Waals surface area contributed by atoms with Crippen LogP contribution in [0.4, 0.5) is 0 Å².